The van der Waals surface area contributed by atoms with Crippen molar-refractivity contribution in [2.75, 3.05) is 0 Å². The van der Waals surface area contributed by atoms with Crippen molar-refractivity contribution in [2.24, 2.45) is 0 Å². The second-order valence-electron chi connectivity index (χ2n) is 1.44. The van der Waals surface area contributed by atoms with Crippen LogP contribution in [0.15, 0.2) is 12.7 Å². The van der Waals surface area contributed by atoms with Gasteiger partial charge in [-0.3, -0.25) is 4.79 Å². The van der Waals surface area contributed by atoms with Crippen LogP contribution in [-0.4, -0.2) is 17.0 Å². The molecule has 0 rings (SSSR count). The van der Waals surface area contributed by atoms with Crippen LogP contribution in [0.1, 0.15) is 6.42 Å². The largest absolute Gasteiger partial charge is 0.478 e. The third-order valence-corrected chi connectivity index (χ3v) is 0.602. The highest BCUT2D eigenvalue weighted by Crippen LogP contribution is 1.89. The van der Waals surface area contributed by atoms with E-state index in [2.05, 4.69) is 11.3 Å². The van der Waals surface area contributed by atoms with Gasteiger partial charge in [0.05, 0.1) is 6.42 Å². The molecule has 0 spiro atoms. The van der Waals surface area contributed by atoms with Crippen molar-refractivity contribution in [3.05, 3.63) is 19.3 Å². The topological polar surface area (TPSA) is 63.6 Å². The minimum absolute atomic E-state index is 0.0176. The zero-order valence-electron chi connectivity index (χ0n) is 5.24. The van der Waals surface area contributed by atoms with E-state index in [0.29, 0.717) is 6.61 Å². The van der Waals surface area contributed by atoms with Gasteiger partial charge in [-0.2, -0.15) is 0 Å². The van der Waals surface area contributed by atoms with Gasteiger partial charge in [0, 0.05) is 0 Å². The van der Waals surface area contributed by atoms with Crippen LogP contribution in [0.3, 0.4) is 0 Å². The summed E-state index contributed by atoms with van der Waals surface area (Å²) in [5.74, 6) is -1.91. The molecule has 0 saturated carbocycles. The van der Waals surface area contributed by atoms with E-state index >= 15 is 0 Å². The van der Waals surface area contributed by atoms with Crippen molar-refractivity contribution < 1.29 is 19.4 Å². The van der Waals surface area contributed by atoms with Crippen molar-refractivity contribution >= 4 is 11.9 Å². The molecule has 0 aromatic heterocycles. The van der Waals surface area contributed by atoms with Gasteiger partial charge >= 0.3 is 11.9 Å². The molecule has 0 unspecified atom stereocenters. The van der Waals surface area contributed by atoms with Gasteiger partial charge < -0.3 is 9.84 Å². The summed E-state index contributed by atoms with van der Waals surface area (Å²) in [4.78, 5) is 20.1. The molecule has 55 valence electrons. The number of carboxylic acid groups (broad SMARTS) is 1. The van der Waals surface area contributed by atoms with Gasteiger partial charge in [0.25, 0.3) is 0 Å². The first-order chi connectivity index (χ1) is 4.66. The van der Waals surface area contributed by atoms with E-state index in [1.165, 1.54) is 6.08 Å². The van der Waals surface area contributed by atoms with Crippen LogP contribution in [0.2, 0.25) is 0 Å². The predicted molar refractivity (Wildman–Crippen MR) is 32.8 cm³/mol. The second kappa shape index (κ2) is 4.55. The summed E-state index contributed by atoms with van der Waals surface area (Å²) in [7, 11) is 0. The summed E-state index contributed by atoms with van der Waals surface area (Å²) in [6, 6.07) is 0. The Hall–Kier alpha value is -1.32. The van der Waals surface area contributed by atoms with Crippen LogP contribution in [0.5, 0.6) is 0 Å². The van der Waals surface area contributed by atoms with Crippen molar-refractivity contribution in [3.8, 4) is 0 Å². The number of carbonyl (C=O) groups is 2. The highest BCUT2D eigenvalue weighted by Gasteiger charge is 2.03. The molecule has 0 atom stereocenters. The van der Waals surface area contributed by atoms with Gasteiger partial charge in [0.15, 0.2) is 0 Å². The Morgan fingerprint density at radius 3 is 2.60 bits per heavy atom. The first-order valence-corrected chi connectivity index (χ1v) is 2.53. The summed E-state index contributed by atoms with van der Waals surface area (Å²) in [5, 5.41) is 7.97. The Kier molecular flexibility index (Phi) is 3.95. The van der Waals surface area contributed by atoms with Crippen molar-refractivity contribution in [2.45, 2.75) is 6.42 Å². The van der Waals surface area contributed by atoms with E-state index in [0.717, 1.165) is 0 Å². The van der Waals surface area contributed by atoms with E-state index in [9.17, 15) is 9.59 Å². The van der Waals surface area contributed by atoms with Gasteiger partial charge in [-0.1, -0.05) is 6.08 Å². The number of hydrogen-bond acceptors (Lipinski definition) is 3. The molecule has 0 aliphatic carbocycles. The van der Waals surface area contributed by atoms with E-state index in [1.54, 1.807) is 0 Å². The van der Waals surface area contributed by atoms with E-state index in [4.69, 9.17) is 5.11 Å². The first-order valence-electron chi connectivity index (χ1n) is 2.53. The molecule has 0 aliphatic heterocycles. The maximum Gasteiger partial charge on any atom is 0.349 e. The van der Waals surface area contributed by atoms with Crippen LogP contribution < -0.4 is 0 Å². The van der Waals surface area contributed by atoms with Crippen molar-refractivity contribution in [1.29, 1.82) is 0 Å². The molecule has 0 aromatic rings. The van der Waals surface area contributed by atoms with E-state index in [1.807, 2.05) is 0 Å². The smallest absolute Gasteiger partial charge is 0.349 e. The molecule has 0 aliphatic rings. The quantitative estimate of drug-likeness (QED) is 0.455. The average molecular weight is 143 g/mol. The highest BCUT2D eigenvalue weighted by atomic mass is 16.5. The lowest BCUT2D eigenvalue weighted by Gasteiger charge is -1.95. The Morgan fingerprint density at radius 2 is 2.20 bits per heavy atom. The lowest BCUT2D eigenvalue weighted by atomic mass is 10.4. The minimum atomic E-state index is -1.28. The monoisotopic (exact) mass is 143 g/mol. The van der Waals surface area contributed by atoms with Gasteiger partial charge in [-0.05, 0) is 0 Å². The molecule has 10 heavy (non-hydrogen) atoms. The number of aliphatic carboxylic acids is 1. The Morgan fingerprint density at radius 1 is 1.60 bits per heavy atom. The number of carboxylic acids is 1. The Bertz CT molecular complexity index is 150. The third-order valence-electron chi connectivity index (χ3n) is 0.602. The van der Waals surface area contributed by atoms with Crippen LogP contribution in [0, 0.1) is 6.61 Å². The highest BCUT2D eigenvalue weighted by molar-refractivity contribution is 5.80. The Labute approximate surface area is 58.1 Å². The molecular weight excluding hydrogens is 136 g/mol. The maximum atomic E-state index is 10.4. The van der Waals surface area contributed by atoms with Gasteiger partial charge in [-0.25, -0.2) is 4.79 Å². The normalized spacial score (nSPS) is 8.40. The third kappa shape index (κ3) is 4.83. The molecule has 0 aromatic carbocycles. The maximum absolute atomic E-state index is 10.4. The van der Waals surface area contributed by atoms with Gasteiger partial charge in [0.2, 0.25) is 6.61 Å². The van der Waals surface area contributed by atoms with Crippen LogP contribution in [0.4, 0.5) is 0 Å². The zero-order chi connectivity index (χ0) is 7.98. The molecule has 4 nitrogen and oxygen atoms in total. The molecule has 0 bridgehead atoms. The molecule has 0 saturated heterocycles. The van der Waals surface area contributed by atoms with Crippen molar-refractivity contribution in [3.63, 3.8) is 0 Å². The van der Waals surface area contributed by atoms with E-state index in [-0.39, 0.29) is 6.42 Å². The average Bonchev–Trinajstić information content (AvgIpc) is 1.85. The summed E-state index contributed by atoms with van der Waals surface area (Å²) in [6.45, 7) is 3.70. The molecule has 1 N–H and O–H groups in total. The molecule has 0 heterocycles. The number of ether oxygens (including phenoxy) is 1. The second-order valence-corrected chi connectivity index (χ2v) is 1.44. The number of rotatable bonds is 4. The molecule has 0 fully saturated rings. The fourth-order valence-corrected chi connectivity index (χ4v) is 0.282. The summed E-state index contributed by atoms with van der Waals surface area (Å²) < 4.78 is 4.11. The molecule has 1 radical (unpaired) electrons. The summed E-state index contributed by atoms with van der Waals surface area (Å²) in [6.07, 6.45) is 1.35. The molecular formula is C6H7O4. The fourth-order valence-electron chi connectivity index (χ4n) is 0.282. The predicted octanol–water partition coefficient (Wildman–Crippen LogP) is 0.352. The van der Waals surface area contributed by atoms with Crippen LogP contribution >= 0.6 is 0 Å². The van der Waals surface area contributed by atoms with Gasteiger partial charge in [0.1, 0.15) is 0 Å². The van der Waals surface area contributed by atoms with Crippen LogP contribution in [0.25, 0.3) is 0 Å². The van der Waals surface area contributed by atoms with E-state index < -0.39 is 11.9 Å². The summed E-state index contributed by atoms with van der Waals surface area (Å²) >= 11 is 0. The summed E-state index contributed by atoms with van der Waals surface area (Å²) in [5.41, 5.74) is 0. The fraction of sp³-hybridized carbons (Fsp3) is 0.167. The number of hydrogen-bond donors (Lipinski definition) is 1. The standard InChI is InChI=1S/C6H7O4/c1-2-3-6(9)10-4-5(7)8/h2,4H,1,3H2,(H,7,8). The van der Waals surface area contributed by atoms with Gasteiger partial charge in [-0.15, -0.1) is 6.58 Å². The number of esters is 1. The SMILES string of the molecule is C=CCC(=O)O[CH]C(=O)O. The number of carbonyl (C=O) groups excluding carboxylic acids is 1. The lowest BCUT2D eigenvalue weighted by Crippen LogP contribution is -2.06. The Balaban J connectivity index is 3.39. The minimum Gasteiger partial charge on any atom is -0.478 e. The van der Waals surface area contributed by atoms with Crippen molar-refractivity contribution in [1.82, 2.24) is 0 Å². The lowest BCUT2D eigenvalue weighted by molar-refractivity contribution is -0.148. The molecule has 4 heteroatoms. The van der Waals surface area contributed by atoms with Crippen LogP contribution in [-0.2, 0) is 14.3 Å². The zero-order valence-corrected chi connectivity index (χ0v) is 5.24. The first kappa shape index (κ1) is 8.68. The molecule has 0 amide bonds.